The maximum absolute atomic E-state index is 12.3. The lowest BCUT2D eigenvalue weighted by Gasteiger charge is -2.28. The van der Waals surface area contributed by atoms with E-state index in [1.807, 2.05) is 6.07 Å². The largest absolute Gasteiger partial charge is 0.497 e. The Morgan fingerprint density at radius 2 is 2.05 bits per heavy atom. The number of benzene rings is 1. The molecule has 0 spiro atoms. The van der Waals surface area contributed by atoms with Crippen molar-refractivity contribution in [1.82, 2.24) is 5.32 Å². The van der Waals surface area contributed by atoms with Crippen LogP contribution in [0.4, 0.5) is 5.69 Å². The summed E-state index contributed by atoms with van der Waals surface area (Å²) in [6.45, 7) is 4.28. The van der Waals surface area contributed by atoms with Crippen molar-refractivity contribution in [1.29, 1.82) is 0 Å². The summed E-state index contributed by atoms with van der Waals surface area (Å²) < 4.78 is 10.5. The van der Waals surface area contributed by atoms with Crippen LogP contribution in [0.2, 0.25) is 0 Å². The molecule has 22 heavy (non-hydrogen) atoms. The summed E-state index contributed by atoms with van der Waals surface area (Å²) in [4.78, 5) is 12.3. The molecule has 1 heterocycles. The van der Waals surface area contributed by atoms with E-state index in [0.29, 0.717) is 35.4 Å². The molecule has 0 saturated carbocycles. The molecule has 0 aliphatic carbocycles. The highest BCUT2D eigenvalue weighted by Crippen LogP contribution is 2.30. The fourth-order valence-corrected chi connectivity index (χ4v) is 2.99. The van der Waals surface area contributed by atoms with Gasteiger partial charge in [-0.3, -0.25) is 4.79 Å². The van der Waals surface area contributed by atoms with Gasteiger partial charge in [-0.2, -0.15) is 0 Å². The van der Waals surface area contributed by atoms with Crippen LogP contribution < -0.4 is 20.1 Å². The Hall–Kier alpha value is -1.75. The summed E-state index contributed by atoms with van der Waals surface area (Å²) in [6, 6.07) is 5.39. The highest BCUT2D eigenvalue weighted by Gasteiger charge is 2.22. The van der Waals surface area contributed by atoms with E-state index in [4.69, 9.17) is 9.47 Å². The van der Waals surface area contributed by atoms with E-state index in [-0.39, 0.29) is 5.91 Å². The Balaban J connectivity index is 1.96. The summed E-state index contributed by atoms with van der Waals surface area (Å²) in [5.41, 5.74) is 0.657. The van der Waals surface area contributed by atoms with Crippen LogP contribution in [0, 0.1) is 11.8 Å². The molecule has 0 aromatic heterocycles. The van der Waals surface area contributed by atoms with Gasteiger partial charge in [-0.1, -0.05) is 6.92 Å². The van der Waals surface area contributed by atoms with Crippen molar-refractivity contribution in [3.63, 3.8) is 0 Å². The van der Waals surface area contributed by atoms with Gasteiger partial charge in [0.1, 0.15) is 11.5 Å². The van der Waals surface area contributed by atoms with Crippen LogP contribution >= 0.6 is 0 Å². The minimum Gasteiger partial charge on any atom is -0.497 e. The van der Waals surface area contributed by atoms with Gasteiger partial charge in [-0.05, 0) is 49.9 Å². The number of ether oxygens (including phenoxy) is 2. The zero-order valence-corrected chi connectivity index (χ0v) is 13.6. The topological polar surface area (TPSA) is 59.6 Å². The number of carbonyl (C=O) groups excluding carboxylic acids is 1. The smallest absolute Gasteiger partial charge is 0.224 e. The first-order valence-electron chi connectivity index (χ1n) is 7.86. The molecule has 1 fully saturated rings. The number of piperidine rings is 1. The number of amides is 1. The quantitative estimate of drug-likeness (QED) is 0.848. The number of hydrogen-bond acceptors (Lipinski definition) is 4. The number of rotatable bonds is 6. The van der Waals surface area contributed by atoms with E-state index in [1.165, 1.54) is 0 Å². The third-order valence-electron chi connectivity index (χ3n) is 4.38. The highest BCUT2D eigenvalue weighted by molar-refractivity contribution is 5.92. The number of hydrogen-bond donors (Lipinski definition) is 2. The van der Waals surface area contributed by atoms with Gasteiger partial charge >= 0.3 is 0 Å². The Kier molecular flexibility index (Phi) is 6.07. The first-order valence-corrected chi connectivity index (χ1v) is 7.86. The van der Waals surface area contributed by atoms with E-state index in [9.17, 15) is 4.79 Å². The SMILES string of the molecule is COc1ccc(OC)c(NC(=O)CC(C)C2CCNCC2)c1. The minimum atomic E-state index is 0.0255. The van der Waals surface area contributed by atoms with E-state index in [2.05, 4.69) is 17.6 Å². The molecule has 1 amide bonds. The Morgan fingerprint density at radius 1 is 1.32 bits per heavy atom. The van der Waals surface area contributed by atoms with Gasteiger partial charge in [0.05, 0.1) is 19.9 Å². The lowest BCUT2D eigenvalue weighted by atomic mass is 9.84. The van der Waals surface area contributed by atoms with E-state index >= 15 is 0 Å². The number of anilines is 1. The minimum absolute atomic E-state index is 0.0255. The lowest BCUT2D eigenvalue weighted by molar-refractivity contribution is -0.117. The van der Waals surface area contributed by atoms with E-state index in [0.717, 1.165) is 25.9 Å². The molecule has 1 aliphatic rings. The molecular weight excluding hydrogens is 280 g/mol. The maximum atomic E-state index is 12.3. The number of methoxy groups -OCH3 is 2. The van der Waals surface area contributed by atoms with Crippen molar-refractivity contribution in [3.8, 4) is 11.5 Å². The van der Waals surface area contributed by atoms with Crippen LogP contribution in [-0.4, -0.2) is 33.2 Å². The first kappa shape index (κ1) is 16.6. The monoisotopic (exact) mass is 306 g/mol. The molecule has 1 saturated heterocycles. The van der Waals surface area contributed by atoms with Crippen molar-refractivity contribution in [2.45, 2.75) is 26.2 Å². The van der Waals surface area contributed by atoms with Crippen molar-refractivity contribution in [3.05, 3.63) is 18.2 Å². The van der Waals surface area contributed by atoms with Gasteiger partial charge in [0, 0.05) is 12.5 Å². The molecule has 5 nitrogen and oxygen atoms in total. The van der Waals surface area contributed by atoms with Gasteiger partial charge in [-0.15, -0.1) is 0 Å². The molecule has 2 rings (SSSR count). The Labute approximate surface area is 132 Å². The van der Waals surface area contributed by atoms with Crippen molar-refractivity contribution in [2.75, 3.05) is 32.6 Å². The second kappa shape index (κ2) is 8.03. The highest BCUT2D eigenvalue weighted by atomic mass is 16.5. The molecule has 1 aliphatic heterocycles. The Bertz CT molecular complexity index is 499. The average Bonchev–Trinajstić information content (AvgIpc) is 2.55. The van der Waals surface area contributed by atoms with Gasteiger partial charge < -0.3 is 20.1 Å². The third kappa shape index (κ3) is 4.37. The molecule has 1 atom stereocenters. The maximum Gasteiger partial charge on any atom is 0.224 e. The van der Waals surface area contributed by atoms with Gasteiger partial charge in [0.15, 0.2) is 0 Å². The molecule has 5 heteroatoms. The molecule has 1 aromatic rings. The summed E-state index contributed by atoms with van der Waals surface area (Å²) in [5.74, 6) is 2.38. The zero-order chi connectivity index (χ0) is 15.9. The van der Waals surface area contributed by atoms with Crippen molar-refractivity contribution in [2.24, 2.45) is 11.8 Å². The average molecular weight is 306 g/mol. The number of carbonyl (C=O) groups is 1. The Morgan fingerprint density at radius 3 is 2.68 bits per heavy atom. The standard InChI is InChI=1S/C17H26N2O3/c1-12(13-6-8-18-9-7-13)10-17(20)19-15-11-14(21-2)4-5-16(15)22-3/h4-5,11-13,18H,6-10H2,1-3H3,(H,19,20). The van der Waals surface area contributed by atoms with Gasteiger partial charge in [0.25, 0.3) is 0 Å². The zero-order valence-electron chi connectivity index (χ0n) is 13.6. The predicted octanol–water partition coefficient (Wildman–Crippen LogP) is 2.67. The first-order chi connectivity index (χ1) is 10.6. The van der Waals surface area contributed by atoms with Gasteiger partial charge in [-0.25, -0.2) is 0 Å². The van der Waals surface area contributed by atoms with Crippen LogP contribution in [-0.2, 0) is 4.79 Å². The summed E-state index contributed by atoms with van der Waals surface area (Å²) in [5, 5.41) is 6.31. The van der Waals surface area contributed by atoms with Crippen LogP contribution in [0.5, 0.6) is 11.5 Å². The molecule has 2 N–H and O–H groups in total. The van der Waals surface area contributed by atoms with E-state index in [1.54, 1.807) is 26.4 Å². The molecule has 1 unspecified atom stereocenters. The fourth-order valence-electron chi connectivity index (χ4n) is 2.99. The summed E-state index contributed by atoms with van der Waals surface area (Å²) in [7, 11) is 3.20. The lowest BCUT2D eigenvalue weighted by Crippen LogP contribution is -2.32. The van der Waals surface area contributed by atoms with Crippen molar-refractivity contribution < 1.29 is 14.3 Å². The number of nitrogens with one attached hydrogen (secondary N) is 2. The molecular formula is C17H26N2O3. The molecule has 122 valence electrons. The van der Waals surface area contributed by atoms with Crippen LogP contribution in [0.3, 0.4) is 0 Å². The van der Waals surface area contributed by atoms with Crippen LogP contribution in [0.15, 0.2) is 18.2 Å². The predicted molar refractivity (Wildman–Crippen MR) is 87.6 cm³/mol. The second-order valence-corrected chi connectivity index (χ2v) is 5.88. The second-order valence-electron chi connectivity index (χ2n) is 5.88. The normalized spacial score (nSPS) is 16.9. The van der Waals surface area contributed by atoms with Crippen LogP contribution in [0.25, 0.3) is 0 Å². The third-order valence-corrected chi connectivity index (χ3v) is 4.38. The molecule has 1 aromatic carbocycles. The summed E-state index contributed by atoms with van der Waals surface area (Å²) >= 11 is 0. The van der Waals surface area contributed by atoms with Crippen LogP contribution in [0.1, 0.15) is 26.2 Å². The fraction of sp³-hybridized carbons (Fsp3) is 0.588. The summed E-state index contributed by atoms with van der Waals surface area (Å²) in [6.07, 6.45) is 2.83. The van der Waals surface area contributed by atoms with Gasteiger partial charge in [0.2, 0.25) is 5.91 Å². The van der Waals surface area contributed by atoms with Crippen molar-refractivity contribution >= 4 is 11.6 Å². The molecule has 0 bridgehead atoms. The van der Waals surface area contributed by atoms with E-state index < -0.39 is 0 Å². The molecule has 0 radical (unpaired) electrons.